The first kappa shape index (κ1) is 13.1. The van der Waals surface area contributed by atoms with Crippen molar-refractivity contribution < 1.29 is 14.7 Å². The molecule has 2 heterocycles. The maximum atomic E-state index is 12.3. The molecule has 0 unspecified atom stereocenters. The van der Waals surface area contributed by atoms with Crippen molar-refractivity contribution in [3.05, 3.63) is 40.7 Å². The van der Waals surface area contributed by atoms with Crippen LogP contribution >= 0.6 is 0 Å². The van der Waals surface area contributed by atoms with Gasteiger partial charge in [0.15, 0.2) is 0 Å². The molecule has 0 radical (unpaired) electrons. The Kier molecular flexibility index (Phi) is 3.05. The number of carboxylic acids is 1. The highest BCUT2D eigenvalue weighted by atomic mass is 16.4. The number of nitrogens with zero attached hydrogens (tertiary/aromatic N) is 3. The standard InChI is InChI=1S/C13H13N5O3/c14-13-15-10(16-17-13)11(19)18-4-3-7-1-2-8(12(20)21)5-9(7)6-18/h1-2,5H,3-4,6H2,(H,20,21)(H3,14,15,16,17). The predicted molar refractivity (Wildman–Crippen MR) is 72.6 cm³/mol. The van der Waals surface area contributed by atoms with Crippen molar-refractivity contribution >= 4 is 17.8 Å². The van der Waals surface area contributed by atoms with Crippen LogP contribution in [0.25, 0.3) is 0 Å². The first-order chi connectivity index (χ1) is 10.0. The highest BCUT2D eigenvalue weighted by Gasteiger charge is 2.24. The molecule has 0 spiro atoms. The lowest BCUT2D eigenvalue weighted by Crippen LogP contribution is -2.36. The molecule has 1 aromatic heterocycles. The summed E-state index contributed by atoms with van der Waals surface area (Å²) in [5.74, 6) is -1.18. The van der Waals surface area contributed by atoms with Crippen LogP contribution in [0.1, 0.15) is 32.1 Å². The molecule has 1 aliphatic heterocycles. The van der Waals surface area contributed by atoms with Crippen LogP contribution in [0.5, 0.6) is 0 Å². The van der Waals surface area contributed by atoms with Crippen molar-refractivity contribution in [2.75, 3.05) is 12.3 Å². The van der Waals surface area contributed by atoms with Crippen molar-refractivity contribution in [1.82, 2.24) is 20.1 Å². The highest BCUT2D eigenvalue weighted by Crippen LogP contribution is 2.21. The second-order valence-corrected chi connectivity index (χ2v) is 4.81. The quantitative estimate of drug-likeness (QED) is 0.728. The molecule has 2 aromatic rings. The first-order valence-corrected chi connectivity index (χ1v) is 6.37. The molecule has 1 aromatic carbocycles. The summed E-state index contributed by atoms with van der Waals surface area (Å²) in [6.45, 7) is 0.884. The zero-order valence-corrected chi connectivity index (χ0v) is 11.0. The summed E-state index contributed by atoms with van der Waals surface area (Å²) in [7, 11) is 0. The third-order valence-electron chi connectivity index (χ3n) is 3.46. The molecule has 0 saturated heterocycles. The number of benzene rings is 1. The van der Waals surface area contributed by atoms with E-state index in [2.05, 4.69) is 15.2 Å². The van der Waals surface area contributed by atoms with Gasteiger partial charge in [0.25, 0.3) is 5.91 Å². The van der Waals surface area contributed by atoms with Crippen molar-refractivity contribution in [3.63, 3.8) is 0 Å². The number of carbonyl (C=O) groups is 2. The van der Waals surface area contributed by atoms with E-state index in [0.29, 0.717) is 19.5 Å². The number of rotatable bonds is 2. The van der Waals surface area contributed by atoms with E-state index in [1.165, 1.54) is 0 Å². The number of aromatic amines is 1. The molecule has 1 aliphatic rings. The lowest BCUT2D eigenvalue weighted by Gasteiger charge is -2.28. The molecule has 0 atom stereocenters. The van der Waals surface area contributed by atoms with Crippen LogP contribution in [0.15, 0.2) is 18.2 Å². The van der Waals surface area contributed by atoms with Crippen molar-refractivity contribution in [2.45, 2.75) is 13.0 Å². The van der Waals surface area contributed by atoms with Gasteiger partial charge in [-0.2, -0.15) is 4.98 Å². The van der Waals surface area contributed by atoms with Gasteiger partial charge >= 0.3 is 5.97 Å². The van der Waals surface area contributed by atoms with Gasteiger partial charge in [-0.3, -0.25) is 9.89 Å². The van der Waals surface area contributed by atoms with Crippen LogP contribution < -0.4 is 5.73 Å². The number of aromatic nitrogens is 3. The van der Waals surface area contributed by atoms with Crippen LogP contribution in [0.4, 0.5) is 5.95 Å². The fourth-order valence-corrected chi connectivity index (χ4v) is 2.38. The van der Waals surface area contributed by atoms with E-state index in [-0.39, 0.29) is 23.2 Å². The first-order valence-electron chi connectivity index (χ1n) is 6.37. The number of fused-ring (bicyclic) bond motifs is 1. The summed E-state index contributed by atoms with van der Waals surface area (Å²) in [6, 6.07) is 4.98. The van der Waals surface area contributed by atoms with Gasteiger partial charge < -0.3 is 15.7 Å². The van der Waals surface area contributed by atoms with Crippen molar-refractivity contribution in [2.24, 2.45) is 0 Å². The Hall–Kier alpha value is -2.90. The molecule has 0 fully saturated rings. The highest BCUT2D eigenvalue weighted by molar-refractivity contribution is 5.91. The number of carboxylic acid groups (broad SMARTS) is 1. The molecule has 0 saturated carbocycles. The van der Waals surface area contributed by atoms with Gasteiger partial charge in [-0.25, -0.2) is 4.79 Å². The minimum Gasteiger partial charge on any atom is -0.478 e. The van der Waals surface area contributed by atoms with E-state index in [9.17, 15) is 9.59 Å². The number of nitrogen functional groups attached to an aromatic ring is 1. The fourth-order valence-electron chi connectivity index (χ4n) is 2.38. The average Bonchev–Trinajstić information content (AvgIpc) is 2.91. The van der Waals surface area contributed by atoms with Crippen molar-refractivity contribution in [1.29, 1.82) is 0 Å². The molecule has 8 heteroatoms. The Morgan fingerprint density at radius 1 is 1.33 bits per heavy atom. The smallest absolute Gasteiger partial charge is 0.335 e. The third kappa shape index (κ3) is 2.42. The third-order valence-corrected chi connectivity index (χ3v) is 3.46. The molecule has 21 heavy (non-hydrogen) atoms. The minimum absolute atomic E-state index is 0.0175. The summed E-state index contributed by atoms with van der Waals surface area (Å²) in [5.41, 5.74) is 7.49. The molecule has 3 rings (SSSR count). The van der Waals surface area contributed by atoms with Crippen LogP contribution in [0.2, 0.25) is 0 Å². The van der Waals surface area contributed by atoms with E-state index in [0.717, 1.165) is 11.1 Å². The second-order valence-electron chi connectivity index (χ2n) is 4.81. The van der Waals surface area contributed by atoms with Crippen LogP contribution in [-0.4, -0.2) is 43.6 Å². The summed E-state index contributed by atoms with van der Waals surface area (Å²) in [5, 5.41) is 15.1. The number of nitrogens with one attached hydrogen (secondary N) is 1. The summed E-state index contributed by atoms with van der Waals surface area (Å²) >= 11 is 0. The summed E-state index contributed by atoms with van der Waals surface area (Å²) in [4.78, 5) is 28.7. The van der Waals surface area contributed by atoms with Crippen LogP contribution in [0, 0.1) is 0 Å². The number of aromatic carboxylic acids is 1. The number of hydrogen-bond acceptors (Lipinski definition) is 5. The van der Waals surface area contributed by atoms with Gasteiger partial charge in [0, 0.05) is 13.1 Å². The average molecular weight is 287 g/mol. The number of hydrogen-bond donors (Lipinski definition) is 3. The Morgan fingerprint density at radius 2 is 2.14 bits per heavy atom. The van der Waals surface area contributed by atoms with Gasteiger partial charge in [0.05, 0.1) is 5.56 Å². The number of anilines is 1. The van der Waals surface area contributed by atoms with E-state index >= 15 is 0 Å². The normalized spacial score (nSPS) is 13.8. The Labute approximate surface area is 119 Å². The molecular weight excluding hydrogens is 274 g/mol. The molecular formula is C13H13N5O3. The predicted octanol–water partition coefficient (Wildman–Crippen LogP) is 0.284. The molecule has 8 nitrogen and oxygen atoms in total. The maximum absolute atomic E-state index is 12.3. The van der Waals surface area contributed by atoms with E-state index in [4.69, 9.17) is 10.8 Å². The summed E-state index contributed by atoms with van der Waals surface area (Å²) < 4.78 is 0. The molecule has 108 valence electrons. The Balaban J connectivity index is 1.84. The molecule has 0 bridgehead atoms. The Bertz CT molecular complexity index is 724. The molecule has 1 amide bonds. The monoisotopic (exact) mass is 287 g/mol. The van der Waals surface area contributed by atoms with E-state index in [1.54, 1.807) is 23.1 Å². The molecule has 4 N–H and O–H groups in total. The number of carbonyl (C=O) groups excluding carboxylic acids is 1. The minimum atomic E-state index is -0.982. The zero-order chi connectivity index (χ0) is 15.0. The maximum Gasteiger partial charge on any atom is 0.335 e. The van der Waals surface area contributed by atoms with Gasteiger partial charge in [0.2, 0.25) is 11.8 Å². The summed E-state index contributed by atoms with van der Waals surface area (Å²) in [6.07, 6.45) is 0.671. The van der Waals surface area contributed by atoms with E-state index in [1.807, 2.05) is 0 Å². The van der Waals surface area contributed by atoms with Crippen LogP contribution in [-0.2, 0) is 13.0 Å². The van der Waals surface area contributed by atoms with Gasteiger partial charge in [-0.1, -0.05) is 6.07 Å². The zero-order valence-electron chi connectivity index (χ0n) is 11.0. The lowest BCUT2D eigenvalue weighted by atomic mass is 9.97. The number of amides is 1. The van der Waals surface area contributed by atoms with E-state index < -0.39 is 5.97 Å². The SMILES string of the molecule is Nc1n[nH]c(C(=O)N2CCc3ccc(C(=O)O)cc3C2)n1. The van der Waals surface area contributed by atoms with Gasteiger partial charge in [0.1, 0.15) is 0 Å². The second kappa shape index (κ2) is 4.89. The van der Waals surface area contributed by atoms with Gasteiger partial charge in [-0.15, -0.1) is 5.10 Å². The van der Waals surface area contributed by atoms with Crippen LogP contribution in [0.3, 0.4) is 0 Å². The van der Waals surface area contributed by atoms with Gasteiger partial charge in [-0.05, 0) is 29.7 Å². The number of nitrogens with two attached hydrogens (primary N) is 1. The van der Waals surface area contributed by atoms with Crippen molar-refractivity contribution in [3.8, 4) is 0 Å². The molecule has 0 aliphatic carbocycles. The largest absolute Gasteiger partial charge is 0.478 e. The fraction of sp³-hybridized carbons (Fsp3) is 0.231. The topological polar surface area (TPSA) is 125 Å². The lowest BCUT2D eigenvalue weighted by molar-refractivity contribution is 0.0696. The number of H-pyrrole nitrogens is 1. The Morgan fingerprint density at radius 3 is 2.81 bits per heavy atom.